The summed E-state index contributed by atoms with van der Waals surface area (Å²) >= 11 is 0. The van der Waals surface area contributed by atoms with E-state index in [4.69, 9.17) is 19.2 Å². The molecular weight excluding hydrogens is 554 g/mol. The molecule has 2 atom stereocenters. The fraction of sp³-hybridized carbons (Fsp3) is 0.533. The Morgan fingerprint density at radius 2 is 1.93 bits per heavy atom. The van der Waals surface area contributed by atoms with Crippen molar-refractivity contribution in [2.75, 3.05) is 24.4 Å². The number of nitrogens with zero attached hydrogens (tertiary/aromatic N) is 2. The first-order valence-corrected chi connectivity index (χ1v) is 17.9. The highest BCUT2D eigenvalue weighted by Crippen LogP contribution is 2.33. The van der Waals surface area contributed by atoms with Crippen molar-refractivity contribution < 1.29 is 28.6 Å². The van der Waals surface area contributed by atoms with Crippen molar-refractivity contribution in [1.29, 1.82) is 0 Å². The molecule has 3 amide bonds. The molecule has 0 radical (unpaired) electrons. The standard InChI is InChI=1S/C30H45N5O6Si/c1-20-10-9-11-23(34-29(38)41-30(2,3)4)27-33-25(18-35(27)19-40-14-15-42(6,7)8)22-13-12-21(31-28(37)39-5)17-24(22)32-26(36)16-20/h9-10,12-13,17-18,20,23H,11,14-16,19H2,1-8H3,(H,31,37)(H,32,36)(H,34,38)/b10-9-/t20?,23-/m0/s1. The molecule has 1 aliphatic heterocycles. The van der Waals surface area contributed by atoms with Crippen LogP contribution in [0.5, 0.6) is 0 Å². The van der Waals surface area contributed by atoms with E-state index in [1.165, 1.54) is 7.11 Å². The van der Waals surface area contributed by atoms with Crippen molar-refractivity contribution in [1.82, 2.24) is 14.9 Å². The van der Waals surface area contributed by atoms with Gasteiger partial charge in [0.2, 0.25) is 5.91 Å². The molecule has 1 aliphatic rings. The van der Waals surface area contributed by atoms with Crippen LogP contribution >= 0.6 is 0 Å². The van der Waals surface area contributed by atoms with E-state index in [-0.39, 0.29) is 25.0 Å². The lowest BCUT2D eigenvalue weighted by Crippen LogP contribution is -2.36. The highest BCUT2D eigenvalue weighted by atomic mass is 28.3. The van der Waals surface area contributed by atoms with Gasteiger partial charge < -0.3 is 29.4 Å². The largest absolute Gasteiger partial charge is 0.453 e. The van der Waals surface area contributed by atoms with Gasteiger partial charge in [0.1, 0.15) is 18.2 Å². The third-order valence-electron chi connectivity index (χ3n) is 6.38. The van der Waals surface area contributed by atoms with E-state index in [9.17, 15) is 14.4 Å². The van der Waals surface area contributed by atoms with Crippen molar-refractivity contribution in [3.05, 3.63) is 42.4 Å². The SMILES string of the molecule is COC(=O)Nc1ccc2c(c1)NC(=O)CC(C)/C=C\C[C@H](NC(=O)OC(C)(C)C)c1nc-2cn1COCC[Si](C)(C)C. The van der Waals surface area contributed by atoms with Crippen LogP contribution in [0.25, 0.3) is 11.3 Å². The summed E-state index contributed by atoms with van der Waals surface area (Å²) < 4.78 is 18.3. The third-order valence-corrected chi connectivity index (χ3v) is 8.09. The number of methoxy groups -OCH3 is 1. The fourth-order valence-corrected chi connectivity index (χ4v) is 5.04. The fourth-order valence-electron chi connectivity index (χ4n) is 4.29. The minimum Gasteiger partial charge on any atom is -0.453 e. The molecule has 11 nitrogen and oxygen atoms in total. The molecule has 2 bridgehead atoms. The summed E-state index contributed by atoms with van der Waals surface area (Å²) in [7, 11) is -0.0134. The van der Waals surface area contributed by atoms with Gasteiger partial charge in [-0.25, -0.2) is 14.6 Å². The van der Waals surface area contributed by atoms with E-state index < -0.39 is 31.9 Å². The highest BCUT2D eigenvalue weighted by molar-refractivity contribution is 6.76. The number of allylic oxidation sites excluding steroid dienone is 1. The molecule has 1 aromatic carbocycles. The molecule has 42 heavy (non-hydrogen) atoms. The van der Waals surface area contributed by atoms with Gasteiger partial charge in [-0.3, -0.25) is 10.1 Å². The van der Waals surface area contributed by atoms with E-state index in [0.717, 1.165) is 6.04 Å². The number of anilines is 2. The number of hydrogen-bond acceptors (Lipinski definition) is 7. The minimum atomic E-state index is -1.30. The Labute approximate surface area is 249 Å². The summed E-state index contributed by atoms with van der Waals surface area (Å²) in [5.41, 5.74) is 1.50. The van der Waals surface area contributed by atoms with Gasteiger partial charge in [-0.15, -0.1) is 0 Å². The van der Waals surface area contributed by atoms with Gasteiger partial charge in [-0.2, -0.15) is 0 Å². The highest BCUT2D eigenvalue weighted by Gasteiger charge is 2.26. The number of benzene rings is 1. The van der Waals surface area contributed by atoms with Crippen LogP contribution in [0.3, 0.4) is 0 Å². The normalized spacial score (nSPS) is 18.3. The number of amides is 3. The molecule has 0 saturated carbocycles. The average Bonchev–Trinajstić information content (AvgIpc) is 3.27. The molecule has 0 fully saturated rings. The van der Waals surface area contributed by atoms with Gasteiger partial charge >= 0.3 is 12.2 Å². The lowest BCUT2D eigenvalue weighted by Gasteiger charge is -2.23. The molecule has 3 rings (SSSR count). The summed E-state index contributed by atoms with van der Waals surface area (Å²) in [6.45, 7) is 15.1. The second-order valence-electron chi connectivity index (χ2n) is 12.8. The zero-order valence-corrected chi connectivity index (χ0v) is 27.0. The maximum absolute atomic E-state index is 13.0. The maximum atomic E-state index is 13.0. The van der Waals surface area contributed by atoms with Crippen molar-refractivity contribution >= 4 is 37.5 Å². The van der Waals surface area contributed by atoms with Gasteiger partial charge in [-0.05, 0) is 57.4 Å². The number of carbonyl (C=O) groups is 3. The first kappa shape index (κ1) is 32.9. The van der Waals surface area contributed by atoms with Crippen LogP contribution in [0.1, 0.15) is 52.4 Å². The Hall–Kier alpha value is -3.64. The topological polar surface area (TPSA) is 133 Å². The number of hydrogen-bond donors (Lipinski definition) is 3. The second kappa shape index (κ2) is 14.0. The van der Waals surface area contributed by atoms with Crippen LogP contribution in [-0.4, -0.2) is 55.0 Å². The number of ether oxygens (including phenoxy) is 3. The van der Waals surface area contributed by atoms with E-state index >= 15 is 0 Å². The van der Waals surface area contributed by atoms with Crippen molar-refractivity contribution in [3.63, 3.8) is 0 Å². The van der Waals surface area contributed by atoms with Crippen LogP contribution in [0.2, 0.25) is 25.7 Å². The molecule has 2 heterocycles. The van der Waals surface area contributed by atoms with E-state index in [1.54, 1.807) is 18.2 Å². The Bertz CT molecular complexity index is 1290. The van der Waals surface area contributed by atoms with Gasteiger partial charge in [0.05, 0.1) is 24.5 Å². The Morgan fingerprint density at radius 3 is 2.60 bits per heavy atom. The quantitative estimate of drug-likeness (QED) is 0.187. The maximum Gasteiger partial charge on any atom is 0.411 e. The molecular formula is C30H45N5O6Si. The zero-order valence-electron chi connectivity index (χ0n) is 26.0. The monoisotopic (exact) mass is 599 g/mol. The molecule has 2 aromatic rings. The summed E-state index contributed by atoms with van der Waals surface area (Å²) in [5, 5.41) is 8.62. The Kier molecular flexibility index (Phi) is 11.0. The van der Waals surface area contributed by atoms with Crippen molar-refractivity contribution in [2.45, 2.75) is 84.6 Å². The predicted molar refractivity (Wildman–Crippen MR) is 166 cm³/mol. The molecule has 0 spiro atoms. The molecule has 1 aromatic heterocycles. The average molecular weight is 600 g/mol. The number of carbonyl (C=O) groups excluding carboxylic acids is 3. The summed E-state index contributed by atoms with van der Waals surface area (Å²) in [6, 6.07) is 5.65. The van der Waals surface area contributed by atoms with Crippen molar-refractivity contribution in [3.8, 4) is 11.3 Å². The van der Waals surface area contributed by atoms with Gasteiger partial charge in [-0.1, -0.05) is 38.7 Å². The van der Waals surface area contributed by atoms with E-state index in [0.29, 0.717) is 41.5 Å². The van der Waals surface area contributed by atoms with Crippen LogP contribution < -0.4 is 16.0 Å². The van der Waals surface area contributed by atoms with Gasteiger partial charge in [0.25, 0.3) is 0 Å². The van der Waals surface area contributed by atoms with Gasteiger partial charge in [0.15, 0.2) is 0 Å². The molecule has 12 heteroatoms. The van der Waals surface area contributed by atoms with E-state index in [2.05, 4.69) is 35.6 Å². The lowest BCUT2D eigenvalue weighted by atomic mass is 10.0. The number of nitrogens with one attached hydrogen (secondary N) is 3. The second-order valence-corrected chi connectivity index (χ2v) is 18.4. The predicted octanol–water partition coefficient (Wildman–Crippen LogP) is 6.53. The van der Waals surface area contributed by atoms with Crippen LogP contribution in [0.4, 0.5) is 21.0 Å². The molecule has 230 valence electrons. The number of fused-ring (bicyclic) bond motifs is 4. The first-order valence-electron chi connectivity index (χ1n) is 14.2. The zero-order chi connectivity index (χ0) is 31.1. The smallest absolute Gasteiger partial charge is 0.411 e. The summed E-state index contributed by atoms with van der Waals surface area (Å²) in [6.07, 6.45) is 5.27. The van der Waals surface area contributed by atoms with Crippen molar-refractivity contribution in [2.24, 2.45) is 5.92 Å². The van der Waals surface area contributed by atoms with Crippen LogP contribution in [0.15, 0.2) is 36.5 Å². The molecule has 3 N–H and O–H groups in total. The van der Waals surface area contributed by atoms with Gasteiger partial charge in [0, 0.05) is 38.5 Å². The molecule has 0 saturated heterocycles. The Morgan fingerprint density at radius 1 is 1.19 bits per heavy atom. The van der Waals surface area contributed by atoms with Crippen LogP contribution in [-0.2, 0) is 25.7 Å². The molecule has 0 aliphatic carbocycles. The summed E-state index contributed by atoms with van der Waals surface area (Å²) in [5.74, 6) is 0.349. The first-order chi connectivity index (χ1) is 19.6. The summed E-state index contributed by atoms with van der Waals surface area (Å²) in [4.78, 5) is 42.7. The number of imidazole rings is 1. The van der Waals surface area contributed by atoms with E-state index in [1.807, 2.05) is 50.6 Å². The van der Waals surface area contributed by atoms with Crippen LogP contribution in [0, 0.1) is 5.92 Å². The third kappa shape index (κ3) is 10.3. The molecule has 1 unspecified atom stereocenters. The number of rotatable bonds is 7. The number of aromatic nitrogens is 2. The Balaban J connectivity index is 2.09. The lowest BCUT2D eigenvalue weighted by molar-refractivity contribution is -0.116. The minimum absolute atomic E-state index is 0.0629. The number of alkyl carbamates (subject to hydrolysis) is 1.